The lowest BCUT2D eigenvalue weighted by molar-refractivity contribution is -0.140. The van der Waals surface area contributed by atoms with Gasteiger partial charge in [0.05, 0.1) is 7.11 Å². The molecular formula is C30H56N2O5. The number of anilines is 1. The highest BCUT2D eigenvalue weighted by Gasteiger charge is 2.09. The van der Waals surface area contributed by atoms with Crippen LogP contribution in [-0.2, 0) is 19.1 Å². The van der Waals surface area contributed by atoms with Gasteiger partial charge in [0.2, 0.25) is 5.91 Å². The number of nitrogens with one attached hydrogen (secondary N) is 1. The number of methoxy groups -OCH3 is 1. The molecule has 0 aliphatic heterocycles. The molecule has 0 bridgehead atoms. The Labute approximate surface area is 226 Å². The quantitative estimate of drug-likeness (QED) is 0.117. The molecule has 0 heterocycles. The number of hydrogen-bond donors (Lipinski definition) is 3. The molecule has 1 unspecified atom stereocenters. The highest BCUT2D eigenvalue weighted by molar-refractivity contribution is 5.73. The molecular weight excluding hydrogens is 468 g/mol. The molecule has 0 aliphatic carbocycles. The lowest BCUT2D eigenvalue weighted by atomic mass is 10.00. The van der Waals surface area contributed by atoms with E-state index in [0.29, 0.717) is 12.5 Å². The zero-order chi connectivity index (χ0) is 28.7. The Kier molecular flexibility index (Phi) is 33.1. The molecule has 4 N–H and O–H groups in total. The van der Waals surface area contributed by atoms with Gasteiger partial charge < -0.3 is 20.9 Å². The molecule has 1 aromatic rings. The number of carbonyl (C=O) groups is 3. The summed E-state index contributed by atoms with van der Waals surface area (Å²) in [4.78, 5) is 31.4. The van der Waals surface area contributed by atoms with Crippen LogP contribution in [0.2, 0.25) is 0 Å². The van der Waals surface area contributed by atoms with Gasteiger partial charge in [-0.3, -0.25) is 14.4 Å². The number of benzene rings is 1. The van der Waals surface area contributed by atoms with Crippen LogP contribution in [0.25, 0.3) is 0 Å². The largest absolute Gasteiger partial charge is 0.481 e. The van der Waals surface area contributed by atoms with E-state index in [9.17, 15) is 9.59 Å². The maximum Gasteiger partial charge on any atom is 0.305 e. The van der Waals surface area contributed by atoms with Crippen molar-refractivity contribution in [3.63, 3.8) is 0 Å². The van der Waals surface area contributed by atoms with Crippen molar-refractivity contribution in [1.29, 1.82) is 0 Å². The summed E-state index contributed by atoms with van der Waals surface area (Å²) in [5.74, 6) is -0.858. The molecule has 0 fully saturated rings. The number of rotatable bonds is 16. The molecule has 7 heteroatoms. The third kappa shape index (κ3) is 38.1. The first-order valence-corrected chi connectivity index (χ1v) is 14.1. The lowest BCUT2D eigenvalue weighted by Gasteiger charge is -2.17. The third-order valence-electron chi connectivity index (χ3n) is 5.27. The van der Waals surface area contributed by atoms with E-state index in [-0.39, 0.29) is 11.9 Å². The molecule has 1 rings (SSSR count). The summed E-state index contributed by atoms with van der Waals surface area (Å²) in [5.41, 5.74) is 6.18. The van der Waals surface area contributed by atoms with Gasteiger partial charge in [0.15, 0.2) is 0 Å². The van der Waals surface area contributed by atoms with E-state index in [4.69, 9.17) is 15.6 Å². The number of aliphatic carboxylic acids is 1. The number of esters is 1. The first-order chi connectivity index (χ1) is 17.7. The molecule has 216 valence electrons. The number of amides is 1. The predicted octanol–water partition coefficient (Wildman–Crippen LogP) is 7.53. The number of carboxylic acids is 1. The summed E-state index contributed by atoms with van der Waals surface area (Å²) in [6.45, 7) is 8.93. The molecule has 0 aliphatic rings. The molecule has 0 radical (unpaired) electrons. The van der Waals surface area contributed by atoms with E-state index in [1.54, 1.807) is 6.92 Å². The lowest BCUT2D eigenvalue weighted by Crippen LogP contribution is -2.32. The van der Waals surface area contributed by atoms with Gasteiger partial charge in [-0.2, -0.15) is 0 Å². The highest BCUT2D eigenvalue weighted by Crippen LogP contribution is 2.14. The van der Waals surface area contributed by atoms with Gasteiger partial charge in [-0.05, 0) is 31.4 Å². The van der Waals surface area contributed by atoms with E-state index >= 15 is 0 Å². The van der Waals surface area contributed by atoms with E-state index in [0.717, 1.165) is 51.1 Å². The molecule has 1 amide bonds. The van der Waals surface area contributed by atoms with E-state index in [1.807, 2.05) is 44.2 Å². The van der Waals surface area contributed by atoms with Crippen molar-refractivity contribution in [3.05, 3.63) is 30.3 Å². The smallest absolute Gasteiger partial charge is 0.305 e. The van der Waals surface area contributed by atoms with Crippen LogP contribution < -0.4 is 11.1 Å². The molecule has 37 heavy (non-hydrogen) atoms. The molecule has 7 nitrogen and oxygen atoms in total. The van der Waals surface area contributed by atoms with Gasteiger partial charge in [0.25, 0.3) is 5.97 Å². The van der Waals surface area contributed by atoms with Crippen LogP contribution in [0, 0.1) is 0 Å². The van der Waals surface area contributed by atoms with E-state index in [1.165, 1.54) is 52.1 Å². The molecule has 0 saturated carbocycles. The number of carbonyl (C=O) groups excluding carboxylic acids is 2. The second-order valence-electron chi connectivity index (χ2n) is 8.77. The van der Waals surface area contributed by atoms with Crippen LogP contribution >= 0.6 is 0 Å². The van der Waals surface area contributed by atoms with Crippen LogP contribution in [0.15, 0.2) is 30.3 Å². The average molecular weight is 525 g/mol. The summed E-state index contributed by atoms with van der Waals surface area (Å²) in [6.07, 6.45) is 16.0. The Bertz CT molecular complexity index is 634. The SMILES string of the molecule is CC.CC(=O)O.CCCCCCCCC(CCCCCCCC(=O)OC)NC(C)=O.Nc1ccccc1. The van der Waals surface area contributed by atoms with Crippen LogP contribution in [0.1, 0.15) is 125 Å². The van der Waals surface area contributed by atoms with Gasteiger partial charge in [-0.15, -0.1) is 0 Å². The summed E-state index contributed by atoms with van der Waals surface area (Å²) >= 11 is 0. The fourth-order valence-corrected chi connectivity index (χ4v) is 3.49. The Morgan fingerprint density at radius 1 is 0.838 bits per heavy atom. The molecule has 0 saturated heterocycles. The third-order valence-corrected chi connectivity index (χ3v) is 5.27. The van der Waals surface area contributed by atoms with Gasteiger partial charge in [0, 0.05) is 32.0 Å². The van der Waals surface area contributed by atoms with Crippen LogP contribution in [-0.4, -0.2) is 36.1 Å². The molecule has 0 aromatic heterocycles. The fraction of sp³-hybridized carbons (Fsp3) is 0.700. The first-order valence-electron chi connectivity index (χ1n) is 14.1. The molecule has 1 atom stereocenters. The fourth-order valence-electron chi connectivity index (χ4n) is 3.49. The van der Waals surface area contributed by atoms with Crippen molar-refractivity contribution in [2.24, 2.45) is 0 Å². The highest BCUT2D eigenvalue weighted by atomic mass is 16.5. The van der Waals surface area contributed by atoms with E-state index in [2.05, 4.69) is 17.0 Å². The van der Waals surface area contributed by atoms with Crippen molar-refractivity contribution in [2.75, 3.05) is 12.8 Å². The summed E-state index contributed by atoms with van der Waals surface area (Å²) in [6, 6.07) is 9.82. The average Bonchev–Trinajstić information content (AvgIpc) is 2.86. The standard InChI is InChI=1S/C20H39NO3.C6H7N.C2H4O2.C2H6/c1-4-5-6-7-9-12-15-19(21-18(2)22)16-13-10-8-11-14-17-20(23)24-3;7-6-4-2-1-3-5-6;1-2(3)4;1-2/h19H,4-17H2,1-3H3,(H,21,22);1-5H,7H2;1H3,(H,3,4);1-2H3. The summed E-state index contributed by atoms with van der Waals surface area (Å²) in [5, 5.41) is 10.5. The number of unbranched alkanes of at least 4 members (excludes halogenated alkanes) is 9. The van der Waals surface area contributed by atoms with Gasteiger partial charge in [-0.1, -0.05) is 103 Å². The Hall–Kier alpha value is -2.57. The van der Waals surface area contributed by atoms with Crippen molar-refractivity contribution in [3.8, 4) is 0 Å². The van der Waals surface area contributed by atoms with E-state index < -0.39 is 5.97 Å². The predicted molar refractivity (Wildman–Crippen MR) is 155 cm³/mol. The summed E-state index contributed by atoms with van der Waals surface area (Å²) < 4.78 is 4.64. The van der Waals surface area contributed by atoms with Crippen molar-refractivity contribution in [1.82, 2.24) is 5.32 Å². The number of nitrogens with two attached hydrogens (primary N) is 1. The monoisotopic (exact) mass is 524 g/mol. The maximum atomic E-state index is 11.3. The van der Waals surface area contributed by atoms with Crippen LogP contribution in [0.4, 0.5) is 5.69 Å². The van der Waals surface area contributed by atoms with Crippen LogP contribution in [0.5, 0.6) is 0 Å². The molecule has 1 aromatic carbocycles. The number of ether oxygens (including phenoxy) is 1. The minimum atomic E-state index is -0.833. The minimum absolute atomic E-state index is 0.0871. The molecule has 0 spiro atoms. The Morgan fingerprint density at radius 3 is 1.65 bits per heavy atom. The summed E-state index contributed by atoms with van der Waals surface area (Å²) in [7, 11) is 1.44. The Morgan fingerprint density at radius 2 is 1.27 bits per heavy atom. The van der Waals surface area contributed by atoms with Crippen molar-refractivity contribution >= 4 is 23.5 Å². The Balaban J connectivity index is -0.000000721. The van der Waals surface area contributed by atoms with Crippen molar-refractivity contribution in [2.45, 2.75) is 131 Å². The maximum absolute atomic E-state index is 11.3. The number of carboxylic acid groups (broad SMARTS) is 1. The van der Waals surface area contributed by atoms with Crippen LogP contribution in [0.3, 0.4) is 0 Å². The number of para-hydroxylation sites is 1. The second kappa shape index (κ2) is 31.5. The number of nitrogen functional groups attached to an aromatic ring is 1. The van der Waals surface area contributed by atoms with Gasteiger partial charge >= 0.3 is 5.97 Å². The second-order valence-corrected chi connectivity index (χ2v) is 8.77. The zero-order valence-electron chi connectivity index (χ0n) is 24.5. The van der Waals surface area contributed by atoms with Gasteiger partial charge in [-0.25, -0.2) is 0 Å². The topological polar surface area (TPSA) is 119 Å². The number of hydrogen-bond acceptors (Lipinski definition) is 5. The van der Waals surface area contributed by atoms with Gasteiger partial charge in [0.1, 0.15) is 0 Å². The zero-order valence-corrected chi connectivity index (χ0v) is 24.5. The van der Waals surface area contributed by atoms with Crippen molar-refractivity contribution < 1.29 is 24.2 Å². The minimum Gasteiger partial charge on any atom is -0.481 e. The normalized spacial score (nSPS) is 10.2. The first kappa shape index (κ1) is 39.0.